The fraction of sp³-hybridized carbons (Fsp3) is 0.353. The van der Waals surface area contributed by atoms with Gasteiger partial charge >= 0.3 is 0 Å². The molecule has 0 aromatic carbocycles. The number of hydrogen-bond donors (Lipinski definition) is 0. The van der Waals surface area contributed by atoms with Gasteiger partial charge in [0.2, 0.25) is 5.76 Å². The molecule has 4 rings (SSSR count). The monoisotopic (exact) mass is 341 g/mol. The summed E-state index contributed by atoms with van der Waals surface area (Å²) in [6, 6.07) is 5.17. The smallest absolute Gasteiger partial charge is 0.276 e. The highest BCUT2D eigenvalue weighted by molar-refractivity contribution is 5.93. The van der Waals surface area contributed by atoms with E-state index in [0.29, 0.717) is 30.3 Å². The summed E-state index contributed by atoms with van der Waals surface area (Å²) >= 11 is 0. The lowest BCUT2D eigenvalue weighted by Gasteiger charge is -2.34. The molecule has 8 nitrogen and oxygen atoms in total. The van der Waals surface area contributed by atoms with Crippen molar-refractivity contribution in [1.82, 2.24) is 24.5 Å². The summed E-state index contributed by atoms with van der Waals surface area (Å²) in [5.41, 5.74) is 0.318. The molecule has 0 N–H and O–H groups in total. The standard InChI is InChI=1S/C17H19N5O3/c23-17(14-12-16(25-19-14)15-2-1-11-24-15)22-9-7-20(8-10-22)5-6-21-4-3-18-13-21/h1-4,11-13H,5-10H2. The van der Waals surface area contributed by atoms with Crippen molar-refractivity contribution in [3.05, 3.63) is 48.9 Å². The van der Waals surface area contributed by atoms with Gasteiger partial charge in [0.25, 0.3) is 5.91 Å². The van der Waals surface area contributed by atoms with Crippen LogP contribution in [-0.4, -0.2) is 63.1 Å². The van der Waals surface area contributed by atoms with E-state index in [1.165, 1.54) is 0 Å². The highest BCUT2D eigenvalue weighted by Crippen LogP contribution is 2.21. The van der Waals surface area contributed by atoms with Crippen molar-refractivity contribution in [3.8, 4) is 11.5 Å². The SMILES string of the molecule is O=C(c1cc(-c2ccco2)on1)N1CCN(CCn2ccnc2)CC1. The molecule has 8 heteroatoms. The van der Waals surface area contributed by atoms with Gasteiger partial charge in [-0.25, -0.2) is 4.98 Å². The molecule has 1 aliphatic heterocycles. The zero-order valence-electron chi connectivity index (χ0n) is 13.7. The Bertz CT molecular complexity index is 801. The van der Waals surface area contributed by atoms with Crippen LogP contribution in [0, 0.1) is 0 Å². The predicted octanol–water partition coefficient (Wildman–Crippen LogP) is 1.59. The molecule has 0 saturated carbocycles. The van der Waals surface area contributed by atoms with E-state index in [1.54, 1.807) is 30.7 Å². The first kappa shape index (κ1) is 15.6. The van der Waals surface area contributed by atoms with Crippen LogP contribution in [0.3, 0.4) is 0 Å². The predicted molar refractivity (Wildman–Crippen MR) is 88.8 cm³/mol. The van der Waals surface area contributed by atoms with Gasteiger partial charge in [0.1, 0.15) is 0 Å². The summed E-state index contributed by atoms with van der Waals surface area (Å²) in [7, 11) is 0. The van der Waals surface area contributed by atoms with Gasteiger partial charge in [-0.2, -0.15) is 0 Å². The largest absolute Gasteiger partial charge is 0.461 e. The number of furan rings is 1. The van der Waals surface area contributed by atoms with Crippen molar-refractivity contribution in [3.63, 3.8) is 0 Å². The number of amides is 1. The molecule has 0 atom stereocenters. The molecule has 1 saturated heterocycles. The van der Waals surface area contributed by atoms with Gasteiger partial charge in [-0.3, -0.25) is 9.69 Å². The van der Waals surface area contributed by atoms with Crippen LogP contribution in [0.4, 0.5) is 0 Å². The number of nitrogens with zero attached hydrogens (tertiary/aromatic N) is 5. The summed E-state index contributed by atoms with van der Waals surface area (Å²) < 4.78 is 12.5. The van der Waals surface area contributed by atoms with Crippen molar-refractivity contribution in [1.29, 1.82) is 0 Å². The van der Waals surface area contributed by atoms with E-state index in [9.17, 15) is 4.79 Å². The molecular formula is C17H19N5O3. The van der Waals surface area contributed by atoms with Crippen LogP contribution in [0.5, 0.6) is 0 Å². The van der Waals surface area contributed by atoms with E-state index in [0.717, 1.165) is 26.2 Å². The van der Waals surface area contributed by atoms with Crippen molar-refractivity contribution < 1.29 is 13.7 Å². The molecule has 25 heavy (non-hydrogen) atoms. The average molecular weight is 341 g/mol. The first-order valence-corrected chi connectivity index (χ1v) is 8.27. The zero-order valence-corrected chi connectivity index (χ0v) is 13.7. The molecule has 1 amide bonds. The molecule has 0 aliphatic carbocycles. The van der Waals surface area contributed by atoms with E-state index in [4.69, 9.17) is 8.94 Å². The molecule has 0 unspecified atom stereocenters. The van der Waals surface area contributed by atoms with Gasteiger partial charge in [-0.15, -0.1) is 0 Å². The van der Waals surface area contributed by atoms with Crippen molar-refractivity contribution in [2.24, 2.45) is 0 Å². The van der Waals surface area contributed by atoms with Gasteiger partial charge in [0.05, 0.1) is 12.6 Å². The van der Waals surface area contributed by atoms with Crippen LogP contribution in [0.1, 0.15) is 10.5 Å². The normalized spacial score (nSPS) is 15.6. The minimum Gasteiger partial charge on any atom is -0.461 e. The third-order valence-corrected chi connectivity index (χ3v) is 4.39. The number of hydrogen-bond acceptors (Lipinski definition) is 6. The highest BCUT2D eigenvalue weighted by atomic mass is 16.5. The maximum Gasteiger partial charge on any atom is 0.276 e. The van der Waals surface area contributed by atoms with Gasteiger partial charge < -0.3 is 18.4 Å². The number of rotatable bonds is 5. The Morgan fingerprint density at radius 1 is 1.16 bits per heavy atom. The summed E-state index contributed by atoms with van der Waals surface area (Å²) in [4.78, 5) is 20.8. The maximum atomic E-state index is 12.6. The quantitative estimate of drug-likeness (QED) is 0.701. The zero-order chi connectivity index (χ0) is 17.1. The topological polar surface area (TPSA) is 80.5 Å². The van der Waals surface area contributed by atoms with Crippen LogP contribution in [-0.2, 0) is 6.54 Å². The molecule has 0 bridgehead atoms. The third kappa shape index (κ3) is 3.48. The summed E-state index contributed by atoms with van der Waals surface area (Å²) in [6.07, 6.45) is 7.12. The lowest BCUT2D eigenvalue weighted by atomic mass is 10.2. The Balaban J connectivity index is 1.30. The molecule has 130 valence electrons. The van der Waals surface area contributed by atoms with Crippen LogP contribution >= 0.6 is 0 Å². The summed E-state index contributed by atoms with van der Waals surface area (Å²) in [5, 5.41) is 3.89. The summed E-state index contributed by atoms with van der Waals surface area (Å²) in [6.45, 7) is 4.93. The number of carbonyl (C=O) groups excluding carboxylic acids is 1. The highest BCUT2D eigenvalue weighted by Gasteiger charge is 2.25. The number of aromatic nitrogens is 3. The fourth-order valence-corrected chi connectivity index (χ4v) is 2.92. The molecule has 0 radical (unpaired) electrons. The molecule has 0 spiro atoms. The number of imidazole rings is 1. The molecule has 1 aliphatic rings. The van der Waals surface area contributed by atoms with Gasteiger partial charge in [-0.1, -0.05) is 5.16 Å². The second-order valence-electron chi connectivity index (χ2n) is 5.99. The van der Waals surface area contributed by atoms with Crippen LogP contribution in [0.2, 0.25) is 0 Å². The number of piperazine rings is 1. The minimum absolute atomic E-state index is 0.101. The third-order valence-electron chi connectivity index (χ3n) is 4.39. The number of carbonyl (C=O) groups is 1. The second kappa shape index (κ2) is 6.94. The van der Waals surface area contributed by atoms with Crippen molar-refractivity contribution in [2.75, 3.05) is 32.7 Å². The fourth-order valence-electron chi connectivity index (χ4n) is 2.92. The lowest BCUT2D eigenvalue weighted by Crippen LogP contribution is -2.49. The van der Waals surface area contributed by atoms with Crippen LogP contribution in [0.15, 0.2) is 52.1 Å². The van der Waals surface area contributed by atoms with Crippen molar-refractivity contribution in [2.45, 2.75) is 6.54 Å². The Hall–Kier alpha value is -2.87. The first-order valence-electron chi connectivity index (χ1n) is 8.27. The second-order valence-corrected chi connectivity index (χ2v) is 5.99. The summed E-state index contributed by atoms with van der Waals surface area (Å²) in [5.74, 6) is 0.930. The molecule has 3 aromatic rings. The Morgan fingerprint density at radius 3 is 2.76 bits per heavy atom. The maximum absolute atomic E-state index is 12.6. The lowest BCUT2D eigenvalue weighted by molar-refractivity contribution is 0.0623. The minimum atomic E-state index is -0.101. The van der Waals surface area contributed by atoms with E-state index in [-0.39, 0.29) is 5.91 Å². The average Bonchev–Trinajstić information content (AvgIpc) is 3.42. The first-order chi connectivity index (χ1) is 12.3. The van der Waals surface area contributed by atoms with E-state index in [1.807, 2.05) is 17.4 Å². The molecule has 4 heterocycles. The van der Waals surface area contributed by atoms with E-state index in [2.05, 4.69) is 19.6 Å². The van der Waals surface area contributed by atoms with Crippen LogP contribution in [0.25, 0.3) is 11.5 Å². The van der Waals surface area contributed by atoms with Crippen LogP contribution < -0.4 is 0 Å². The Morgan fingerprint density at radius 2 is 2.04 bits per heavy atom. The van der Waals surface area contributed by atoms with Crippen molar-refractivity contribution >= 4 is 5.91 Å². The van der Waals surface area contributed by atoms with Gasteiger partial charge in [0, 0.05) is 57.7 Å². The van der Waals surface area contributed by atoms with Gasteiger partial charge in [0.15, 0.2) is 11.5 Å². The van der Waals surface area contributed by atoms with E-state index < -0.39 is 0 Å². The molecular weight excluding hydrogens is 322 g/mol. The molecule has 3 aromatic heterocycles. The molecule has 1 fully saturated rings. The Labute approximate surface area is 144 Å². The van der Waals surface area contributed by atoms with Gasteiger partial charge in [-0.05, 0) is 12.1 Å². The Kier molecular flexibility index (Phi) is 4.34. The van der Waals surface area contributed by atoms with E-state index >= 15 is 0 Å².